The van der Waals surface area contributed by atoms with Crippen LogP contribution in [0.3, 0.4) is 0 Å². The van der Waals surface area contributed by atoms with Gasteiger partial charge >= 0.3 is 0 Å². The minimum atomic E-state index is 0.545. The lowest BCUT2D eigenvalue weighted by Crippen LogP contribution is -1.89. The van der Waals surface area contributed by atoms with Crippen LogP contribution in [0.1, 0.15) is 0 Å². The second-order valence-electron chi connectivity index (χ2n) is 3.41. The van der Waals surface area contributed by atoms with Crippen LogP contribution in [-0.4, -0.2) is 21.7 Å². The summed E-state index contributed by atoms with van der Waals surface area (Å²) >= 11 is 3.25. The lowest BCUT2D eigenvalue weighted by molar-refractivity contribution is 0.411. The molecule has 0 aromatic carbocycles. The molecule has 0 fully saturated rings. The van der Waals surface area contributed by atoms with Crippen molar-refractivity contribution >= 4 is 21.6 Å². The van der Waals surface area contributed by atoms with Crippen LogP contribution >= 0.6 is 15.9 Å². The number of fused-ring (bicyclic) bond motifs is 1. The molecule has 3 rings (SSSR count). The third-order valence-electron chi connectivity index (χ3n) is 2.33. The van der Waals surface area contributed by atoms with E-state index >= 15 is 0 Å². The van der Waals surface area contributed by atoms with Crippen LogP contribution in [0, 0.1) is 0 Å². The van der Waals surface area contributed by atoms with Gasteiger partial charge in [0.05, 0.1) is 13.3 Å². The molecule has 0 aliphatic heterocycles. The highest BCUT2D eigenvalue weighted by atomic mass is 79.9. The second-order valence-corrected chi connectivity index (χ2v) is 4.19. The van der Waals surface area contributed by atoms with Gasteiger partial charge in [-0.05, 0) is 40.2 Å². The zero-order valence-electron chi connectivity index (χ0n) is 8.92. The van der Waals surface area contributed by atoms with Gasteiger partial charge in [0.25, 0.3) is 0 Å². The summed E-state index contributed by atoms with van der Waals surface area (Å²) in [6.07, 6.45) is 1.77. The van der Waals surface area contributed by atoms with Gasteiger partial charge in [-0.2, -0.15) is 0 Å². The van der Waals surface area contributed by atoms with Crippen molar-refractivity contribution in [1.82, 2.24) is 14.6 Å². The first kappa shape index (κ1) is 10.3. The van der Waals surface area contributed by atoms with Crippen molar-refractivity contribution in [3.05, 3.63) is 35.1 Å². The molecule has 3 heterocycles. The highest BCUT2D eigenvalue weighted by molar-refractivity contribution is 9.10. The lowest BCUT2D eigenvalue weighted by Gasteiger charge is -1.97. The molecular weight excluding hydrogens is 286 g/mol. The number of hydrogen-bond acceptors (Lipinski definition) is 4. The fourth-order valence-electron chi connectivity index (χ4n) is 1.52. The molecule has 0 spiro atoms. The van der Waals surface area contributed by atoms with Crippen molar-refractivity contribution in [2.24, 2.45) is 0 Å². The molecule has 0 unspecified atom stereocenters. The van der Waals surface area contributed by atoms with Crippen LogP contribution in [0.25, 0.3) is 17.2 Å². The number of hydrogen-bond donors (Lipinski definition) is 0. The molecule has 86 valence electrons. The summed E-state index contributed by atoms with van der Waals surface area (Å²) in [5.41, 5.74) is 0.744. The summed E-state index contributed by atoms with van der Waals surface area (Å²) < 4.78 is 12.8. The standard InChI is InChI=1S/C11H8BrN3O2/c1-16-7-2-5-10-13-11(14-15(10)6-7)8-3-4-9(12)17-8/h2-6H,1H3. The summed E-state index contributed by atoms with van der Waals surface area (Å²) in [5, 5.41) is 4.32. The Labute approximate surface area is 105 Å². The smallest absolute Gasteiger partial charge is 0.217 e. The van der Waals surface area contributed by atoms with Gasteiger partial charge in [0.1, 0.15) is 5.75 Å². The largest absolute Gasteiger partial charge is 0.495 e. The van der Waals surface area contributed by atoms with Gasteiger partial charge in [-0.3, -0.25) is 0 Å². The number of aromatic nitrogens is 3. The number of furan rings is 1. The minimum absolute atomic E-state index is 0.545. The van der Waals surface area contributed by atoms with E-state index in [1.54, 1.807) is 17.8 Å². The Morgan fingerprint density at radius 3 is 2.88 bits per heavy atom. The molecule has 0 aliphatic rings. The molecule has 0 amide bonds. The number of methoxy groups -OCH3 is 1. The van der Waals surface area contributed by atoms with E-state index in [2.05, 4.69) is 26.0 Å². The highest BCUT2D eigenvalue weighted by Gasteiger charge is 2.10. The van der Waals surface area contributed by atoms with Crippen molar-refractivity contribution in [2.75, 3.05) is 7.11 Å². The molecule has 0 bridgehead atoms. The van der Waals surface area contributed by atoms with Gasteiger partial charge < -0.3 is 9.15 Å². The quantitative estimate of drug-likeness (QED) is 0.729. The highest BCUT2D eigenvalue weighted by Crippen LogP contribution is 2.23. The van der Waals surface area contributed by atoms with Crippen LogP contribution in [0.15, 0.2) is 39.5 Å². The Balaban J connectivity index is 2.13. The first-order chi connectivity index (χ1) is 8.26. The van der Waals surface area contributed by atoms with E-state index in [0.717, 1.165) is 11.4 Å². The molecule has 0 aliphatic carbocycles. The van der Waals surface area contributed by atoms with Crippen LogP contribution in [-0.2, 0) is 0 Å². The van der Waals surface area contributed by atoms with Gasteiger partial charge in [0, 0.05) is 0 Å². The zero-order valence-corrected chi connectivity index (χ0v) is 10.5. The first-order valence-electron chi connectivity index (χ1n) is 4.92. The molecule has 0 saturated carbocycles. The summed E-state index contributed by atoms with van der Waals surface area (Å²) in [6, 6.07) is 7.30. The fraction of sp³-hybridized carbons (Fsp3) is 0.0909. The summed E-state index contributed by atoms with van der Waals surface area (Å²) in [7, 11) is 1.61. The van der Waals surface area contributed by atoms with Gasteiger partial charge in [-0.1, -0.05) is 0 Å². The Kier molecular flexibility index (Phi) is 2.36. The topological polar surface area (TPSA) is 52.6 Å². The predicted molar refractivity (Wildman–Crippen MR) is 64.9 cm³/mol. The molecule has 0 saturated heterocycles. The van der Waals surface area contributed by atoms with E-state index < -0.39 is 0 Å². The Bertz CT molecular complexity index is 674. The van der Waals surface area contributed by atoms with Gasteiger partial charge in [0.2, 0.25) is 5.82 Å². The fourth-order valence-corrected chi connectivity index (χ4v) is 1.83. The normalized spacial score (nSPS) is 10.9. The number of pyridine rings is 1. The van der Waals surface area contributed by atoms with E-state index in [4.69, 9.17) is 9.15 Å². The van der Waals surface area contributed by atoms with Crippen molar-refractivity contribution in [2.45, 2.75) is 0 Å². The Morgan fingerprint density at radius 1 is 1.29 bits per heavy atom. The molecule has 0 atom stereocenters. The molecule has 0 radical (unpaired) electrons. The maximum Gasteiger partial charge on any atom is 0.217 e. The van der Waals surface area contributed by atoms with Crippen LogP contribution in [0.4, 0.5) is 0 Å². The molecule has 17 heavy (non-hydrogen) atoms. The molecule has 0 N–H and O–H groups in total. The average Bonchev–Trinajstić information content (AvgIpc) is 2.93. The zero-order chi connectivity index (χ0) is 11.8. The maximum atomic E-state index is 5.40. The van der Waals surface area contributed by atoms with Gasteiger partial charge in [0.15, 0.2) is 16.1 Å². The van der Waals surface area contributed by atoms with Crippen molar-refractivity contribution < 1.29 is 9.15 Å². The third-order valence-corrected chi connectivity index (χ3v) is 2.76. The van der Waals surface area contributed by atoms with Crippen LogP contribution in [0.2, 0.25) is 0 Å². The summed E-state index contributed by atoms with van der Waals surface area (Å²) in [5.74, 6) is 1.90. The van der Waals surface area contributed by atoms with Crippen molar-refractivity contribution in [3.63, 3.8) is 0 Å². The van der Waals surface area contributed by atoms with Crippen LogP contribution < -0.4 is 4.74 Å². The number of nitrogens with zero attached hydrogens (tertiary/aromatic N) is 3. The maximum absolute atomic E-state index is 5.40. The lowest BCUT2D eigenvalue weighted by atomic mass is 10.4. The SMILES string of the molecule is COc1ccc2nc(-c3ccc(Br)o3)nn2c1. The molecule has 3 aromatic heterocycles. The molecular formula is C11H8BrN3O2. The van der Waals surface area contributed by atoms with E-state index in [9.17, 15) is 0 Å². The predicted octanol–water partition coefficient (Wildman–Crippen LogP) is 2.76. The monoisotopic (exact) mass is 293 g/mol. The van der Waals surface area contributed by atoms with Crippen molar-refractivity contribution in [3.8, 4) is 17.3 Å². The summed E-state index contributed by atoms with van der Waals surface area (Å²) in [6.45, 7) is 0. The number of rotatable bonds is 2. The first-order valence-corrected chi connectivity index (χ1v) is 5.72. The number of ether oxygens (including phenoxy) is 1. The van der Waals surface area contributed by atoms with Crippen LogP contribution in [0.5, 0.6) is 5.75 Å². The summed E-state index contributed by atoms with van der Waals surface area (Å²) in [4.78, 5) is 4.35. The third kappa shape index (κ3) is 1.80. The molecule has 5 nitrogen and oxygen atoms in total. The van der Waals surface area contributed by atoms with Crippen molar-refractivity contribution in [1.29, 1.82) is 0 Å². The molecule has 3 aromatic rings. The Hall–Kier alpha value is -1.82. The van der Waals surface area contributed by atoms with Gasteiger partial charge in [-0.25, -0.2) is 9.50 Å². The average molecular weight is 294 g/mol. The second kappa shape index (κ2) is 3.89. The van der Waals surface area contributed by atoms with E-state index in [0.29, 0.717) is 16.3 Å². The van der Waals surface area contributed by atoms with E-state index in [-0.39, 0.29) is 0 Å². The minimum Gasteiger partial charge on any atom is -0.495 e. The Morgan fingerprint density at radius 2 is 2.18 bits per heavy atom. The van der Waals surface area contributed by atoms with E-state index in [1.807, 2.05) is 24.3 Å². The van der Waals surface area contributed by atoms with E-state index in [1.165, 1.54) is 0 Å². The molecule has 6 heteroatoms. The number of halogens is 1. The van der Waals surface area contributed by atoms with Gasteiger partial charge in [-0.15, -0.1) is 5.10 Å².